The second-order valence-electron chi connectivity index (χ2n) is 7.36. The standard InChI is InChI=1S/C19H20N4O4S/c24-16-11-28-19(26)23(16)12-7-9-21(10-12)17(25)14-5-3-8-22(14)18-20-13-4-1-2-6-15(13)27-18/h1-2,4,6,12,14H,3,5,7-11H2. The molecule has 4 heterocycles. The molecule has 1 aromatic heterocycles. The average Bonchev–Trinajstić information content (AvgIpc) is 3.47. The molecule has 3 aliphatic heterocycles. The summed E-state index contributed by atoms with van der Waals surface area (Å²) in [6.07, 6.45) is 2.28. The van der Waals surface area contributed by atoms with Gasteiger partial charge in [0, 0.05) is 19.6 Å². The van der Waals surface area contributed by atoms with Crippen LogP contribution in [0.5, 0.6) is 0 Å². The number of fused-ring (bicyclic) bond motifs is 1. The molecule has 0 spiro atoms. The second-order valence-corrected chi connectivity index (χ2v) is 8.29. The zero-order valence-electron chi connectivity index (χ0n) is 15.2. The molecule has 0 saturated carbocycles. The SMILES string of the molecule is O=C(C1CCCN1c1nc2ccccc2o1)N1CCC(N2C(=O)CSC2=O)C1. The molecule has 9 heteroatoms. The lowest BCUT2D eigenvalue weighted by atomic mass is 10.2. The van der Waals surface area contributed by atoms with Gasteiger partial charge in [-0.1, -0.05) is 23.9 Å². The fourth-order valence-electron chi connectivity index (χ4n) is 4.32. The summed E-state index contributed by atoms with van der Waals surface area (Å²) < 4.78 is 5.87. The number of aromatic nitrogens is 1. The van der Waals surface area contributed by atoms with Crippen molar-refractivity contribution in [2.75, 3.05) is 30.3 Å². The summed E-state index contributed by atoms with van der Waals surface area (Å²) in [7, 11) is 0. The zero-order valence-corrected chi connectivity index (χ0v) is 16.1. The van der Waals surface area contributed by atoms with Gasteiger partial charge >= 0.3 is 0 Å². The van der Waals surface area contributed by atoms with Crippen molar-refractivity contribution in [3.05, 3.63) is 24.3 Å². The zero-order chi connectivity index (χ0) is 19.3. The number of rotatable bonds is 3. The molecule has 2 aromatic rings. The van der Waals surface area contributed by atoms with E-state index < -0.39 is 0 Å². The number of thioether (sulfide) groups is 1. The maximum Gasteiger partial charge on any atom is 0.299 e. The molecule has 28 heavy (non-hydrogen) atoms. The molecule has 3 amide bonds. The molecular formula is C19H20N4O4S. The molecule has 3 fully saturated rings. The van der Waals surface area contributed by atoms with E-state index in [2.05, 4.69) is 4.98 Å². The number of oxazole rings is 1. The predicted octanol–water partition coefficient (Wildman–Crippen LogP) is 2.09. The van der Waals surface area contributed by atoms with Crippen LogP contribution in [0.1, 0.15) is 19.3 Å². The maximum absolute atomic E-state index is 13.2. The molecule has 2 atom stereocenters. The minimum absolute atomic E-state index is 0.0222. The average molecular weight is 400 g/mol. The van der Waals surface area contributed by atoms with E-state index in [0.717, 1.165) is 36.7 Å². The van der Waals surface area contributed by atoms with Crippen molar-refractivity contribution >= 4 is 45.9 Å². The summed E-state index contributed by atoms with van der Waals surface area (Å²) in [5, 5.41) is -0.196. The molecule has 8 nitrogen and oxygen atoms in total. The van der Waals surface area contributed by atoms with E-state index in [0.29, 0.717) is 31.1 Å². The van der Waals surface area contributed by atoms with Crippen molar-refractivity contribution < 1.29 is 18.8 Å². The Morgan fingerprint density at radius 1 is 1.18 bits per heavy atom. The van der Waals surface area contributed by atoms with Gasteiger partial charge in [-0.05, 0) is 31.4 Å². The number of imide groups is 1. The number of hydrogen-bond acceptors (Lipinski definition) is 7. The van der Waals surface area contributed by atoms with Crippen LogP contribution in [0.4, 0.5) is 10.8 Å². The normalized spacial score (nSPS) is 25.5. The van der Waals surface area contributed by atoms with Gasteiger partial charge in [-0.3, -0.25) is 19.3 Å². The number of hydrogen-bond donors (Lipinski definition) is 0. The lowest BCUT2D eigenvalue weighted by molar-refractivity contribution is -0.132. The number of carbonyl (C=O) groups excluding carboxylic acids is 3. The number of nitrogens with zero attached hydrogens (tertiary/aromatic N) is 4. The van der Waals surface area contributed by atoms with Crippen LogP contribution >= 0.6 is 11.8 Å². The van der Waals surface area contributed by atoms with Gasteiger partial charge in [0.1, 0.15) is 11.6 Å². The molecule has 0 N–H and O–H groups in total. The molecule has 3 saturated heterocycles. The molecule has 3 aliphatic rings. The van der Waals surface area contributed by atoms with Crippen molar-refractivity contribution in [3.63, 3.8) is 0 Å². The molecular weight excluding hydrogens is 380 g/mol. The van der Waals surface area contributed by atoms with Crippen LogP contribution in [0.3, 0.4) is 0 Å². The van der Waals surface area contributed by atoms with Crippen LogP contribution in [0.15, 0.2) is 28.7 Å². The van der Waals surface area contributed by atoms with Gasteiger partial charge < -0.3 is 14.2 Å². The Kier molecular flexibility index (Phi) is 4.26. The molecule has 0 aliphatic carbocycles. The van der Waals surface area contributed by atoms with Gasteiger partial charge in [0.05, 0.1) is 11.8 Å². The van der Waals surface area contributed by atoms with Gasteiger partial charge in [0.15, 0.2) is 5.58 Å². The van der Waals surface area contributed by atoms with Crippen molar-refractivity contribution in [2.24, 2.45) is 0 Å². The van der Waals surface area contributed by atoms with E-state index in [1.54, 1.807) is 4.90 Å². The number of para-hydroxylation sites is 2. The van der Waals surface area contributed by atoms with Gasteiger partial charge in [-0.2, -0.15) is 4.98 Å². The number of amides is 3. The topological polar surface area (TPSA) is 87.0 Å². The third-order valence-electron chi connectivity index (χ3n) is 5.69. The largest absolute Gasteiger partial charge is 0.423 e. The Labute approximate surface area is 165 Å². The number of carbonyl (C=O) groups is 3. The lowest BCUT2D eigenvalue weighted by Crippen LogP contribution is -2.47. The number of benzene rings is 1. The maximum atomic E-state index is 13.2. The molecule has 2 unspecified atom stereocenters. The van der Waals surface area contributed by atoms with E-state index in [9.17, 15) is 14.4 Å². The smallest absolute Gasteiger partial charge is 0.299 e. The van der Waals surface area contributed by atoms with Gasteiger partial charge in [-0.15, -0.1) is 0 Å². The Balaban J connectivity index is 1.32. The molecule has 0 radical (unpaired) electrons. The van der Waals surface area contributed by atoms with Crippen molar-refractivity contribution in [2.45, 2.75) is 31.3 Å². The highest BCUT2D eigenvalue weighted by atomic mass is 32.2. The first-order chi connectivity index (χ1) is 13.6. The first kappa shape index (κ1) is 17.5. The van der Waals surface area contributed by atoms with E-state index in [4.69, 9.17) is 4.42 Å². The van der Waals surface area contributed by atoms with Crippen LogP contribution in [-0.4, -0.2) is 69.3 Å². The fourth-order valence-corrected chi connectivity index (χ4v) is 5.09. The number of likely N-dealkylation sites (tertiary alicyclic amines) is 1. The first-order valence-electron chi connectivity index (χ1n) is 9.51. The van der Waals surface area contributed by atoms with Crippen LogP contribution in [-0.2, 0) is 9.59 Å². The van der Waals surface area contributed by atoms with E-state index in [1.807, 2.05) is 29.2 Å². The highest BCUT2D eigenvalue weighted by Crippen LogP contribution is 2.31. The summed E-state index contributed by atoms with van der Waals surface area (Å²) >= 11 is 1.04. The van der Waals surface area contributed by atoms with Crippen molar-refractivity contribution in [3.8, 4) is 0 Å². The Morgan fingerprint density at radius 3 is 2.82 bits per heavy atom. The second kappa shape index (κ2) is 6.80. The first-order valence-corrected chi connectivity index (χ1v) is 10.5. The highest BCUT2D eigenvalue weighted by Gasteiger charge is 2.43. The molecule has 0 bridgehead atoms. The monoisotopic (exact) mass is 400 g/mol. The van der Waals surface area contributed by atoms with Crippen LogP contribution in [0.25, 0.3) is 11.1 Å². The summed E-state index contributed by atoms with van der Waals surface area (Å²) in [6, 6.07) is 7.52. The predicted molar refractivity (Wildman–Crippen MR) is 104 cm³/mol. The van der Waals surface area contributed by atoms with Crippen molar-refractivity contribution in [1.29, 1.82) is 0 Å². The minimum atomic E-state index is -0.314. The molecule has 5 rings (SSSR count). The fraction of sp³-hybridized carbons (Fsp3) is 0.474. The summed E-state index contributed by atoms with van der Waals surface area (Å²) in [4.78, 5) is 46.7. The summed E-state index contributed by atoms with van der Waals surface area (Å²) in [5.74, 6) is 0.0782. The van der Waals surface area contributed by atoms with Gasteiger partial charge in [0.2, 0.25) is 11.8 Å². The third-order valence-corrected chi connectivity index (χ3v) is 6.53. The van der Waals surface area contributed by atoms with E-state index >= 15 is 0 Å². The molecule has 1 aromatic carbocycles. The molecule has 146 valence electrons. The summed E-state index contributed by atoms with van der Waals surface area (Å²) in [5.41, 5.74) is 1.49. The van der Waals surface area contributed by atoms with Crippen LogP contribution in [0.2, 0.25) is 0 Å². The number of anilines is 1. The van der Waals surface area contributed by atoms with Crippen LogP contribution in [0, 0.1) is 0 Å². The quantitative estimate of drug-likeness (QED) is 0.780. The van der Waals surface area contributed by atoms with Crippen LogP contribution < -0.4 is 4.90 Å². The summed E-state index contributed by atoms with van der Waals surface area (Å²) in [6.45, 7) is 1.69. The van der Waals surface area contributed by atoms with Gasteiger partial charge in [-0.25, -0.2) is 0 Å². The minimum Gasteiger partial charge on any atom is -0.423 e. The lowest BCUT2D eigenvalue weighted by Gasteiger charge is -2.27. The Morgan fingerprint density at radius 2 is 2.04 bits per heavy atom. The Bertz CT molecular complexity index is 911. The van der Waals surface area contributed by atoms with Crippen molar-refractivity contribution in [1.82, 2.24) is 14.8 Å². The van der Waals surface area contributed by atoms with Gasteiger partial charge in [0.25, 0.3) is 11.3 Å². The van der Waals surface area contributed by atoms with E-state index in [1.165, 1.54) is 4.90 Å². The Hall–Kier alpha value is -2.55. The third kappa shape index (κ3) is 2.85. The highest BCUT2D eigenvalue weighted by molar-refractivity contribution is 8.14. The van der Waals surface area contributed by atoms with E-state index in [-0.39, 0.29) is 34.9 Å².